The average Bonchev–Trinajstić information content (AvgIpc) is 1.86. The Kier molecular flexibility index (Phi) is 39.4. The molecule has 0 aromatic heterocycles. The predicted octanol–water partition coefficient (Wildman–Crippen LogP) is -1.73. The van der Waals surface area contributed by atoms with Crippen LogP contribution < -0.4 is 41.0 Å². The molecule has 0 saturated heterocycles. The Labute approximate surface area is 118 Å². The van der Waals surface area contributed by atoms with Gasteiger partial charge in [0, 0.05) is 0 Å². The Morgan fingerprint density at radius 3 is 1.64 bits per heavy atom. The van der Waals surface area contributed by atoms with Crippen LogP contribution >= 0.6 is 25.3 Å². The van der Waals surface area contributed by atoms with E-state index in [1.165, 1.54) is 6.26 Å². The summed E-state index contributed by atoms with van der Waals surface area (Å²) in [4.78, 5) is 18.2. The number of carbonyl (C=O) groups excluding carboxylic acids is 2. The van der Waals surface area contributed by atoms with Crippen LogP contribution in [0.2, 0.25) is 0 Å². The van der Waals surface area contributed by atoms with Gasteiger partial charge in [0.15, 0.2) is 0 Å². The summed E-state index contributed by atoms with van der Waals surface area (Å²) in [7, 11) is 0. The van der Waals surface area contributed by atoms with Crippen LogP contribution in [0.3, 0.4) is 0 Å². The van der Waals surface area contributed by atoms with Crippen molar-refractivity contribution in [3.05, 3.63) is 12.8 Å². The van der Waals surface area contributed by atoms with Crippen LogP contribution in [-0.4, -0.2) is 17.1 Å². The molecular weight excluding hydrogens is 235 g/mol. The smallest absolute Gasteiger partial charge is 1.00 e. The van der Waals surface area contributed by atoms with Gasteiger partial charge in [-0.15, -0.1) is 0 Å². The second-order valence-electron chi connectivity index (χ2n) is 1.30. The van der Waals surface area contributed by atoms with Crippen LogP contribution in [0.1, 0.15) is 8.35 Å². The quantitative estimate of drug-likeness (QED) is 0.266. The monoisotopic (exact) mass is 250 g/mol. The molecule has 2 amide bonds. The number of thiol groups is 2. The van der Waals surface area contributed by atoms with Crippen molar-refractivity contribution >= 4 is 35.7 Å². The van der Waals surface area contributed by atoms with Crippen molar-refractivity contribution in [1.82, 2.24) is 0 Å². The van der Waals surface area contributed by atoms with Gasteiger partial charge < -0.3 is 17.6 Å². The number of amides is 2. The topological polar surface area (TPSA) is 95.4 Å². The number of carbonyl (C=O) groups is 2. The fourth-order valence-electron chi connectivity index (χ4n) is 0.118. The maximum atomic E-state index is 9.09. The molecule has 0 radical (unpaired) electrons. The summed E-state index contributed by atoms with van der Waals surface area (Å²) in [6.07, 6.45) is 1.43. The standard InChI is InChI=1S/C4H8O.2CH3NOS.Na.H/c1-3-5-4-2;2*2-1(3)4;;/h3H,1,4H2,2H3;2*(H3,2,3,4);;/q;;;+1;-1. The van der Waals surface area contributed by atoms with Gasteiger partial charge in [-0.25, -0.2) is 0 Å². The number of rotatable bonds is 2. The van der Waals surface area contributed by atoms with Crippen molar-refractivity contribution in [3.8, 4) is 0 Å². The molecule has 0 aliphatic heterocycles. The van der Waals surface area contributed by atoms with Gasteiger partial charge in [0.25, 0.3) is 10.5 Å². The summed E-state index contributed by atoms with van der Waals surface area (Å²) < 4.78 is 4.60. The first kappa shape index (κ1) is 23.8. The van der Waals surface area contributed by atoms with E-state index in [0.29, 0.717) is 0 Å². The molecule has 80 valence electrons. The third-order valence-corrected chi connectivity index (χ3v) is 0.285. The Morgan fingerprint density at radius 2 is 1.64 bits per heavy atom. The van der Waals surface area contributed by atoms with Crippen molar-refractivity contribution < 1.29 is 45.3 Å². The number of ether oxygens (including phenoxy) is 1. The van der Waals surface area contributed by atoms with Gasteiger partial charge in [-0.2, -0.15) is 0 Å². The zero-order valence-electron chi connectivity index (χ0n) is 9.27. The molecule has 8 heteroatoms. The van der Waals surface area contributed by atoms with E-state index in [2.05, 4.69) is 48.0 Å². The summed E-state index contributed by atoms with van der Waals surface area (Å²) in [6.45, 7) is 5.97. The third kappa shape index (κ3) is 320. The molecule has 4 N–H and O–H groups in total. The van der Waals surface area contributed by atoms with Crippen LogP contribution in [0, 0.1) is 0 Å². The van der Waals surface area contributed by atoms with Gasteiger partial charge >= 0.3 is 29.6 Å². The fourth-order valence-corrected chi connectivity index (χ4v) is 0.118. The van der Waals surface area contributed by atoms with E-state index in [1.807, 2.05) is 6.92 Å². The van der Waals surface area contributed by atoms with Gasteiger partial charge in [0.1, 0.15) is 0 Å². The normalized spacial score (nSPS) is 5.93. The SMILES string of the molecule is C=COCC.NC(=O)S.NC(=O)S.[H-].[Na+]. The fraction of sp³-hybridized carbons (Fsp3) is 0.333. The maximum Gasteiger partial charge on any atom is 1.00 e. The van der Waals surface area contributed by atoms with Gasteiger partial charge in [-0.1, -0.05) is 31.8 Å². The van der Waals surface area contributed by atoms with Gasteiger partial charge in [-0.3, -0.25) is 9.59 Å². The average molecular weight is 250 g/mol. The van der Waals surface area contributed by atoms with Crippen molar-refractivity contribution in [1.29, 1.82) is 0 Å². The first-order chi connectivity index (χ1) is 5.88. The zero-order valence-corrected chi connectivity index (χ0v) is 12.1. The van der Waals surface area contributed by atoms with E-state index in [9.17, 15) is 0 Å². The van der Waals surface area contributed by atoms with Gasteiger partial charge in [-0.05, 0) is 6.92 Å². The minimum absolute atomic E-state index is 0. The summed E-state index contributed by atoms with van der Waals surface area (Å²) in [5, 5.41) is -1.28. The molecule has 0 aliphatic rings. The van der Waals surface area contributed by atoms with Crippen molar-refractivity contribution in [2.75, 3.05) is 6.61 Å². The molecule has 0 bridgehead atoms. The summed E-state index contributed by atoms with van der Waals surface area (Å²) in [5.74, 6) is 0. The molecule has 0 aromatic carbocycles. The zero-order chi connectivity index (χ0) is 11.3. The van der Waals surface area contributed by atoms with E-state index in [-0.39, 0.29) is 31.0 Å². The van der Waals surface area contributed by atoms with Crippen molar-refractivity contribution in [3.63, 3.8) is 0 Å². The van der Waals surface area contributed by atoms with Crippen LogP contribution in [-0.2, 0) is 4.74 Å². The number of primary amides is 2. The van der Waals surface area contributed by atoms with E-state index in [1.54, 1.807) is 0 Å². The van der Waals surface area contributed by atoms with E-state index < -0.39 is 10.5 Å². The maximum absolute atomic E-state index is 9.09. The molecule has 0 saturated carbocycles. The molecule has 0 unspecified atom stereocenters. The van der Waals surface area contributed by atoms with Crippen LogP contribution in [0.5, 0.6) is 0 Å². The molecule has 0 aliphatic carbocycles. The van der Waals surface area contributed by atoms with E-state index >= 15 is 0 Å². The number of nitrogens with two attached hydrogens (primary N) is 2. The van der Waals surface area contributed by atoms with E-state index in [0.717, 1.165) is 6.61 Å². The Hall–Kier alpha value is 0.180. The van der Waals surface area contributed by atoms with Crippen LogP contribution in [0.15, 0.2) is 12.8 Å². The first-order valence-corrected chi connectivity index (χ1v) is 3.97. The largest absolute Gasteiger partial charge is 1.00 e. The second-order valence-corrected chi connectivity index (χ2v) is 2.18. The van der Waals surface area contributed by atoms with Crippen molar-refractivity contribution in [2.45, 2.75) is 6.92 Å². The molecule has 5 nitrogen and oxygen atoms in total. The second kappa shape index (κ2) is 23.2. The summed E-state index contributed by atoms with van der Waals surface area (Å²) in [5.41, 5.74) is 8.67. The molecule has 14 heavy (non-hydrogen) atoms. The number of hydrogen-bond donors (Lipinski definition) is 4. The minimum Gasteiger partial charge on any atom is -1.00 e. The van der Waals surface area contributed by atoms with Crippen molar-refractivity contribution in [2.24, 2.45) is 11.5 Å². The molecule has 0 heterocycles. The predicted molar refractivity (Wildman–Crippen MR) is 60.1 cm³/mol. The van der Waals surface area contributed by atoms with Gasteiger partial charge in [0.05, 0.1) is 12.9 Å². The van der Waals surface area contributed by atoms with Crippen LogP contribution in [0.25, 0.3) is 0 Å². The first-order valence-electron chi connectivity index (χ1n) is 3.07. The Bertz CT molecular complexity index is 143. The Morgan fingerprint density at radius 1 is 1.43 bits per heavy atom. The molecule has 0 spiro atoms. The summed E-state index contributed by atoms with van der Waals surface area (Å²) >= 11 is 6.21. The van der Waals surface area contributed by atoms with E-state index in [4.69, 9.17) is 9.59 Å². The molecule has 0 aromatic rings. The van der Waals surface area contributed by atoms with Crippen LogP contribution in [0.4, 0.5) is 9.59 Å². The number of hydrogen-bond acceptors (Lipinski definition) is 3. The molecule has 0 rings (SSSR count). The molecular formula is C6H15N2NaO3S2. The summed E-state index contributed by atoms with van der Waals surface area (Å²) in [6, 6.07) is 0. The molecule has 0 atom stereocenters. The third-order valence-electron chi connectivity index (χ3n) is 0.285. The van der Waals surface area contributed by atoms with Gasteiger partial charge in [0.2, 0.25) is 0 Å². The molecule has 0 fully saturated rings. The minimum atomic E-state index is -0.639. The Balaban J connectivity index is -0.0000000315.